The van der Waals surface area contributed by atoms with Crippen LogP contribution in [0.1, 0.15) is 33.1 Å². The third kappa shape index (κ3) is 2.66. The number of nitrogens with zero attached hydrogens (tertiary/aromatic N) is 1. The normalized spacial score (nSPS) is 32.2. The van der Waals surface area contributed by atoms with Crippen LogP contribution in [-0.4, -0.2) is 47.2 Å². The average molecular weight is 255 g/mol. The molecule has 102 valence electrons. The molecule has 1 N–H and O–H groups in total. The molecule has 2 heterocycles. The molecule has 0 aromatic heterocycles. The van der Waals surface area contributed by atoms with E-state index in [1.165, 1.54) is 0 Å². The average Bonchev–Trinajstić information content (AvgIpc) is 2.97. The van der Waals surface area contributed by atoms with E-state index in [-0.39, 0.29) is 5.91 Å². The van der Waals surface area contributed by atoms with E-state index in [1.807, 2.05) is 4.90 Å². The van der Waals surface area contributed by atoms with Gasteiger partial charge in [-0.15, -0.1) is 0 Å². The van der Waals surface area contributed by atoms with Crippen molar-refractivity contribution in [2.75, 3.05) is 13.1 Å². The number of ether oxygens (including phenoxy) is 1. The van der Waals surface area contributed by atoms with Crippen molar-refractivity contribution in [2.45, 2.75) is 45.3 Å². The zero-order valence-electron chi connectivity index (χ0n) is 11.0. The van der Waals surface area contributed by atoms with E-state index in [0.29, 0.717) is 24.7 Å². The second kappa shape index (κ2) is 5.26. The Morgan fingerprint density at radius 1 is 1.22 bits per heavy atom. The minimum Gasteiger partial charge on any atom is -0.479 e. The van der Waals surface area contributed by atoms with Crippen LogP contribution >= 0.6 is 0 Å². The van der Waals surface area contributed by atoms with Crippen LogP contribution in [-0.2, 0) is 14.3 Å². The van der Waals surface area contributed by atoms with Crippen LogP contribution in [0.4, 0.5) is 0 Å². The van der Waals surface area contributed by atoms with E-state index in [0.717, 1.165) is 19.5 Å². The predicted molar refractivity (Wildman–Crippen MR) is 65.1 cm³/mol. The van der Waals surface area contributed by atoms with E-state index >= 15 is 0 Å². The second-order valence-electron chi connectivity index (χ2n) is 5.61. The van der Waals surface area contributed by atoms with Crippen molar-refractivity contribution in [3.63, 3.8) is 0 Å². The van der Waals surface area contributed by atoms with Crippen molar-refractivity contribution in [2.24, 2.45) is 11.8 Å². The van der Waals surface area contributed by atoms with Gasteiger partial charge in [0.2, 0.25) is 0 Å². The van der Waals surface area contributed by atoms with Gasteiger partial charge in [0.05, 0.1) is 0 Å². The first kappa shape index (κ1) is 13.3. The number of carboxylic acids is 1. The molecule has 2 rings (SSSR count). The fraction of sp³-hybridized carbons (Fsp3) is 0.846. The van der Waals surface area contributed by atoms with Crippen molar-refractivity contribution in [1.29, 1.82) is 0 Å². The standard InChI is InChI=1S/C13H21NO4/c1-8(2)9-5-6-14(7-9)12(15)10-3-4-11(18-10)13(16)17/h8-11H,3-7H2,1-2H3,(H,16,17). The highest BCUT2D eigenvalue weighted by molar-refractivity contribution is 5.83. The van der Waals surface area contributed by atoms with Gasteiger partial charge < -0.3 is 14.7 Å². The molecule has 18 heavy (non-hydrogen) atoms. The van der Waals surface area contributed by atoms with Gasteiger partial charge >= 0.3 is 5.97 Å². The summed E-state index contributed by atoms with van der Waals surface area (Å²) in [7, 11) is 0. The van der Waals surface area contributed by atoms with Crippen LogP contribution < -0.4 is 0 Å². The lowest BCUT2D eigenvalue weighted by atomic mass is 9.95. The predicted octanol–water partition coefficient (Wildman–Crippen LogP) is 1.12. The maximum absolute atomic E-state index is 12.2. The van der Waals surface area contributed by atoms with Crippen LogP contribution in [0.15, 0.2) is 0 Å². The van der Waals surface area contributed by atoms with E-state index in [1.54, 1.807) is 0 Å². The third-order valence-corrected chi connectivity index (χ3v) is 4.05. The Labute approximate surface area is 107 Å². The fourth-order valence-electron chi connectivity index (χ4n) is 2.74. The van der Waals surface area contributed by atoms with Crippen molar-refractivity contribution in [1.82, 2.24) is 4.90 Å². The second-order valence-corrected chi connectivity index (χ2v) is 5.61. The Hall–Kier alpha value is -1.10. The van der Waals surface area contributed by atoms with Crippen molar-refractivity contribution in [3.05, 3.63) is 0 Å². The highest BCUT2D eigenvalue weighted by atomic mass is 16.5. The van der Waals surface area contributed by atoms with E-state index < -0.39 is 18.2 Å². The van der Waals surface area contributed by atoms with Crippen LogP contribution in [0, 0.1) is 11.8 Å². The molecule has 2 saturated heterocycles. The molecule has 2 aliphatic heterocycles. The Bertz CT molecular complexity index is 342. The first-order valence-corrected chi connectivity index (χ1v) is 6.66. The summed E-state index contributed by atoms with van der Waals surface area (Å²) in [6.45, 7) is 5.91. The van der Waals surface area contributed by atoms with Gasteiger partial charge in [0.1, 0.15) is 6.10 Å². The number of hydrogen-bond donors (Lipinski definition) is 1. The SMILES string of the molecule is CC(C)C1CCN(C(=O)C2CCC(C(=O)O)O2)C1. The van der Waals surface area contributed by atoms with Crippen molar-refractivity contribution >= 4 is 11.9 Å². The fourth-order valence-corrected chi connectivity index (χ4v) is 2.74. The van der Waals surface area contributed by atoms with Crippen LogP contribution in [0.25, 0.3) is 0 Å². The van der Waals surface area contributed by atoms with Gasteiger partial charge in [0, 0.05) is 13.1 Å². The highest BCUT2D eigenvalue weighted by Crippen LogP contribution is 2.27. The van der Waals surface area contributed by atoms with E-state index in [9.17, 15) is 9.59 Å². The molecule has 0 aromatic carbocycles. The molecule has 0 spiro atoms. The number of carboxylic acid groups (broad SMARTS) is 1. The number of aliphatic carboxylic acids is 1. The number of hydrogen-bond acceptors (Lipinski definition) is 3. The first-order valence-electron chi connectivity index (χ1n) is 6.66. The molecule has 0 radical (unpaired) electrons. The van der Waals surface area contributed by atoms with Gasteiger partial charge in [-0.3, -0.25) is 4.79 Å². The Balaban J connectivity index is 1.88. The molecule has 3 unspecified atom stereocenters. The smallest absolute Gasteiger partial charge is 0.332 e. The molecule has 2 aliphatic rings. The topological polar surface area (TPSA) is 66.8 Å². The molecular weight excluding hydrogens is 234 g/mol. The zero-order chi connectivity index (χ0) is 13.3. The van der Waals surface area contributed by atoms with Crippen LogP contribution in [0.2, 0.25) is 0 Å². The molecule has 1 amide bonds. The summed E-state index contributed by atoms with van der Waals surface area (Å²) in [6, 6.07) is 0. The summed E-state index contributed by atoms with van der Waals surface area (Å²) in [5.41, 5.74) is 0. The Morgan fingerprint density at radius 3 is 2.39 bits per heavy atom. The maximum Gasteiger partial charge on any atom is 0.332 e. The summed E-state index contributed by atoms with van der Waals surface area (Å²) in [5.74, 6) is 0.151. The van der Waals surface area contributed by atoms with Gasteiger partial charge in [-0.1, -0.05) is 13.8 Å². The Morgan fingerprint density at radius 2 is 1.89 bits per heavy atom. The molecule has 5 heteroatoms. The lowest BCUT2D eigenvalue weighted by Gasteiger charge is -2.21. The summed E-state index contributed by atoms with van der Waals surface area (Å²) < 4.78 is 5.30. The molecule has 0 saturated carbocycles. The lowest BCUT2D eigenvalue weighted by molar-refractivity contribution is -0.154. The molecule has 0 aliphatic carbocycles. The number of likely N-dealkylation sites (tertiary alicyclic amines) is 1. The largest absolute Gasteiger partial charge is 0.479 e. The monoisotopic (exact) mass is 255 g/mol. The summed E-state index contributed by atoms with van der Waals surface area (Å²) >= 11 is 0. The van der Waals surface area contributed by atoms with Gasteiger partial charge in [0.25, 0.3) is 5.91 Å². The molecule has 2 fully saturated rings. The van der Waals surface area contributed by atoms with E-state index in [4.69, 9.17) is 9.84 Å². The summed E-state index contributed by atoms with van der Waals surface area (Å²) in [4.78, 5) is 24.8. The maximum atomic E-state index is 12.2. The van der Waals surface area contributed by atoms with Crippen molar-refractivity contribution in [3.8, 4) is 0 Å². The summed E-state index contributed by atoms with van der Waals surface area (Å²) in [6.07, 6.45) is 0.657. The number of rotatable bonds is 3. The van der Waals surface area contributed by atoms with Gasteiger partial charge in [-0.2, -0.15) is 0 Å². The zero-order valence-corrected chi connectivity index (χ0v) is 11.0. The molecular formula is C13H21NO4. The van der Waals surface area contributed by atoms with Gasteiger partial charge in [-0.05, 0) is 31.1 Å². The number of carbonyl (C=O) groups excluding carboxylic acids is 1. The van der Waals surface area contributed by atoms with Crippen molar-refractivity contribution < 1.29 is 19.4 Å². The third-order valence-electron chi connectivity index (χ3n) is 4.05. The van der Waals surface area contributed by atoms with E-state index in [2.05, 4.69) is 13.8 Å². The number of amides is 1. The highest BCUT2D eigenvalue weighted by Gasteiger charge is 2.38. The Kier molecular flexibility index (Phi) is 3.90. The number of carbonyl (C=O) groups is 2. The molecule has 5 nitrogen and oxygen atoms in total. The molecule has 0 bridgehead atoms. The minimum absolute atomic E-state index is 0.0260. The quantitative estimate of drug-likeness (QED) is 0.820. The minimum atomic E-state index is -0.966. The van der Waals surface area contributed by atoms with Crippen LogP contribution in [0.5, 0.6) is 0 Å². The molecule has 3 atom stereocenters. The van der Waals surface area contributed by atoms with Gasteiger partial charge in [-0.25, -0.2) is 4.79 Å². The lowest BCUT2D eigenvalue weighted by Crippen LogP contribution is -2.38. The summed E-state index contributed by atoms with van der Waals surface area (Å²) in [5, 5.41) is 8.84. The van der Waals surface area contributed by atoms with Crippen LogP contribution in [0.3, 0.4) is 0 Å². The molecule has 0 aromatic rings. The first-order chi connectivity index (χ1) is 8.49. The van der Waals surface area contributed by atoms with Gasteiger partial charge in [0.15, 0.2) is 6.10 Å².